The van der Waals surface area contributed by atoms with Gasteiger partial charge in [0.15, 0.2) is 5.78 Å². The summed E-state index contributed by atoms with van der Waals surface area (Å²) in [4.78, 5) is 12.9. The van der Waals surface area contributed by atoms with E-state index < -0.39 is 11.5 Å². The molecule has 2 N–H and O–H groups in total. The van der Waals surface area contributed by atoms with Crippen LogP contribution in [0.3, 0.4) is 0 Å². The maximum absolute atomic E-state index is 12.9. The molecule has 0 bridgehead atoms. The maximum Gasteiger partial charge on any atom is 0.170 e. The zero-order chi connectivity index (χ0) is 17.9. The van der Waals surface area contributed by atoms with Crippen LogP contribution < -0.4 is 5.32 Å². The first-order valence-electron chi connectivity index (χ1n) is 8.45. The van der Waals surface area contributed by atoms with Crippen molar-refractivity contribution < 1.29 is 9.90 Å². The van der Waals surface area contributed by atoms with Crippen LogP contribution in [0, 0.1) is 5.92 Å². The monoisotopic (exact) mass is 377 g/mol. The van der Waals surface area contributed by atoms with E-state index in [4.69, 9.17) is 23.2 Å². The van der Waals surface area contributed by atoms with Crippen LogP contribution in [0.2, 0.25) is 10.0 Å². The standard InChI is InChI=1S/C20H21Cl2NO2/c21-16-5-1-14(2-6-16)9-10-20(25)11-12-23-13-18(20)19(24)15-3-7-17(22)8-4-15/h1-8,18,23,25H,9-13H2. The summed E-state index contributed by atoms with van der Waals surface area (Å²) >= 11 is 11.8. The third kappa shape index (κ3) is 4.42. The molecule has 0 amide bonds. The van der Waals surface area contributed by atoms with Gasteiger partial charge < -0.3 is 10.4 Å². The lowest BCUT2D eigenvalue weighted by atomic mass is 9.74. The molecule has 2 atom stereocenters. The maximum atomic E-state index is 12.9. The summed E-state index contributed by atoms with van der Waals surface area (Å²) in [5.41, 5.74) is 0.679. The Morgan fingerprint density at radius 3 is 2.32 bits per heavy atom. The molecule has 0 saturated carbocycles. The van der Waals surface area contributed by atoms with E-state index >= 15 is 0 Å². The highest BCUT2D eigenvalue weighted by atomic mass is 35.5. The Morgan fingerprint density at radius 2 is 1.68 bits per heavy atom. The molecule has 0 radical (unpaired) electrons. The van der Waals surface area contributed by atoms with E-state index in [0.29, 0.717) is 48.0 Å². The Morgan fingerprint density at radius 1 is 1.08 bits per heavy atom. The number of hydrogen-bond donors (Lipinski definition) is 2. The van der Waals surface area contributed by atoms with Crippen molar-refractivity contribution in [1.29, 1.82) is 0 Å². The normalized spacial score (nSPS) is 23.4. The van der Waals surface area contributed by atoms with Gasteiger partial charge in [0, 0.05) is 22.2 Å². The molecule has 1 saturated heterocycles. The molecule has 5 heteroatoms. The van der Waals surface area contributed by atoms with Crippen molar-refractivity contribution in [3.8, 4) is 0 Å². The van der Waals surface area contributed by atoms with E-state index in [1.807, 2.05) is 24.3 Å². The second-order valence-corrected chi connectivity index (χ2v) is 7.48. The highest BCUT2D eigenvalue weighted by Crippen LogP contribution is 2.32. The van der Waals surface area contributed by atoms with Gasteiger partial charge in [-0.3, -0.25) is 4.79 Å². The van der Waals surface area contributed by atoms with Gasteiger partial charge in [0.05, 0.1) is 11.5 Å². The smallest absolute Gasteiger partial charge is 0.170 e. The molecular formula is C20H21Cl2NO2. The van der Waals surface area contributed by atoms with Gasteiger partial charge in [0.25, 0.3) is 0 Å². The molecule has 2 unspecified atom stereocenters. The molecular weight excluding hydrogens is 357 g/mol. The summed E-state index contributed by atoms with van der Waals surface area (Å²) in [6.07, 6.45) is 1.81. The lowest BCUT2D eigenvalue weighted by Crippen LogP contribution is -2.53. The van der Waals surface area contributed by atoms with Gasteiger partial charge in [-0.05, 0) is 67.8 Å². The molecule has 132 valence electrons. The number of piperidine rings is 1. The Hall–Kier alpha value is -1.39. The molecule has 2 aromatic carbocycles. The van der Waals surface area contributed by atoms with E-state index in [2.05, 4.69) is 5.32 Å². The van der Waals surface area contributed by atoms with Crippen molar-refractivity contribution in [2.45, 2.75) is 24.9 Å². The average Bonchev–Trinajstić information content (AvgIpc) is 2.62. The fraction of sp³-hybridized carbons (Fsp3) is 0.350. The SMILES string of the molecule is O=C(c1ccc(Cl)cc1)C1CNCCC1(O)CCc1ccc(Cl)cc1. The van der Waals surface area contributed by atoms with Crippen LogP contribution in [-0.2, 0) is 6.42 Å². The first-order valence-corrected chi connectivity index (χ1v) is 9.21. The van der Waals surface area contributed by atoms with Crippen molar-refractivity contribution in [2.24, 2.45) is 5.92 Å². The minimum absolute atomic E-state index is 0.0394. The number of rotatable bonds is 5. The van der Waals surface area contributed by atoms with Gasteiger partial charge >= 0.3 is 0 Å². The van der Waals surface area contributed by atoms with Gasteiger partial charge in [-0.1, -0.05) is 35.3 Å². The third-order valence-corrected chi connectivity index (χ3v) is 5.44. The molecule has 3 rings (SSSR count). The van der Waals surface area contributed by atoms with Gasteiger partial charge in [0.1, 0.15) is 0 Å². The second-order valence-electron chi connectivity index (χ2n) is 6.61. The summed E-state index contributed by atoms with van der Waals surface area (Å²) in [7, 11) is 0. The first-order chi connectivity index (χ1) is 12.0. The van der Waals surface area contributed by atoms with Crippen molar-refractivity contribution in [3.05, 3.63) is 69.7 Å². The molecule has 2 aromatic rings. The minimum atomic E-state index is -1.01. The van der Waals surface area contributed by atoms with E-state index in [1.165, 1.54) is 0 Å². The summed E-state index contributed by atoms with van der Waals surface area (Å²) in [5.74, 6) is -0.503. The number of aliphatic hydroxyl groups is 1. The fourth-order valence-corrected chi connectivity index (χ4v) is 3.63. The summed E-state index contributed by atoms with van der Waals surface area (Å²) in [5, 5.41) is 15.7. The summed E-state index contributed by atoms with van der Waals surface area (Å²) < 4.78 is 0. The number of nitrogens with one attached hydrogen (secondary N) is 1. The van der Waals surface area contributed by atoms with Gasteiger partial charge in [-0.15, -0.1) is 0 Å². The topological polar surface area (TPSA) is 49.3 Å². The van der Waals surface area contributed by atoms with E-state index in [9.17, 15) is 9.90 Å². The molecule has 3 nitrogen and oxygen atoms in total. The molecule has 1 fully saturated rings. The van der Waals surface area contributed by atoms with Gasteiger partial charge in [0.2, 0.25) is 0 Å². The van der Waals surface area contributed by atoms with Crippen LogP contribution >= 0.6 is 23.2 Å². The van der Waals surface area contributed by atoms with Crippen LogP contribution in [0.4, 0.5) is 0 Å². The van der Waals surface area contributed by atoms with Crippen LogP contribution in [0.5, 0.6) is 0 Å². The van der Waals surface area contributed by atoms with Crippen LogP contribution in [0.25, 0.3) is 0 Å². The molecule has 0 aliphatic carbocycles. The first kappa shape index (κ1) is 18.4. The molecule has 0 spiro atoms. The number of aryl methyl sites for hydroxylation is 1. The zero-order valence-electron chi connectivity index (χ0n) is 13.8. The van der Waals surface area contributed by atoms with Crippen molar-refractivity contribution in [1.82, 2.24) is 5.32 Å². The summed E-state index contributed by atoms with van der Waals surface area (Å²) in [6, 6.07) is 14.5. The van der Waals surface area contributed by atoms with E-state index in [0.717, 1.165) is 5.56 Å². The fourth-order valence-electron chi connectivity index (χ4n) is 3.38. The minimum Gasteiger partial charge on any atom is -0.389 e. The Labute approximate surface area is 158 Å². The van der Waals surface area contributed by atoms with Crippen molar-refractivity contribution >= 4 is 29.0 Å². The van der Waals surface area contributed by atoms with Crippen molar-refractivity contribution in [3.63, 3.8) is 0 Å². The van der Waals surface area contributed by atoms with Crippen LogP contribution in [0.1, 0.15) is 28.8 Å². The number of benzene rings is 2. The predicted molar refractivity (Wildman–Crippen MR) is 101 cm³/mol. The lowest BCUT2D eigenvalue weighted by Gasteiger charge is -2.39. The lowest BCUT2D eigenvalue weighted by molar-refractivity contribution is -0.0358. The second kappa shape index (κ2) is 7.88. The molecule has 25 heavy (non-hydrogen) atoms. The van der Waals surface area contributed by atoms with Crippen LogP contribution in [0.15, 0.2) is 48.5 Å². The van der Waals surface area contributed by atoms with E-state index in [1.54, 1.807) is 24.3 Å². The quantitative estimate of drug-likeness (QED) is 0.769. The number of hydrogen-bond acceptors (Lipinski definition) is 3. The van der Waals surface area contributed by atoms with E-state index in [-0.39, 0.29) is 5.78 Å². The number of Topliss-reactive ketones (excluding diaryl/α,β-unsaturated/α-hetero) is 1. The Bertz CT molecular complexity index is 730. The van der Waals surface area contributed by atoms with Gasteiger partial charge in [-0.2, -0.15) is 0 Å². The average molecular weight is 378 g/mol. The number of ketones is 1. The third-order valence-electron chi connectivity index (χ3n) is 4.94. The molecule has 1 heterocycles. The highest BCUT2D eigenvalue weighted by Gasteiger charge is 2.42. The number of carbonyl (C=O) groups excluding carboxylic acids is 1. The molecule has 1 aliphatic heterocycles. The van der Waals surface area contributed by atoms with Gasteiger partial charge in [-0.25, -0.2) is 0 Å². The predicted octanol–water partition coefficient (Wildman–Crippen LogP) is 4.15. The molecule has 0 aromatic heterocycles. The largest absolute Gasteiger partial charge is 0.389 e. The van der Waals surface area contributed by atoms with Crippen molar-refractivity contribution in [2.75, 3.05) is 13.1 Å². The Kier molecular flexibility index (Phi) is 5.80. The number of carbonyl (C=O) groups is 1. The molecule has 1 aliphatic rings. The number of halogens is 2. The zero-order valence-corrected chi connectivity index (χ0v) is 15.4. The van der Waals surface area contributed by atoms with Crippen LogP contribution in [-0.4, -0.2) is 29.6 Å². The summed E-state index contributed by atoms with van der Waals surface area (Å²) in [6.45, 7) is 1.19. The highest BCUT2D eigenvalue weighted by molar-refractivity contribution is 6.30. The Balaban J connectivity index is 1.75.